The van der Waals surface area contributed by atoms with Gasteiger partial charge in [-0.15, -0.1) is 11.3 Å². The number of hydrogen-bond acceptors (Lipinski definition) is 5. The number of thiophene rings is 1. The summed E-state index contributed by atoms with van der Waals surface area (Å²) in [6.07, 6.45) is 0. The van der Waals surface area contributed by atoms with Gasteiger partial charge in [0.1, 0.15) is 16.7 Å². The number of fused-ring (bicyclic) bond motifs is 8. The van der Waals surface area contributed by atoms with E-state index in [0.29, 0.717) is 5.89 Å². The van der Waals surface area contributed by atoms with Crippen LogP contribution in [0.1, 0.15) is 0 Å². The third-order valence-electron chi connectivity index (χ3n) is 11.5. The summed E-state index contributed by atoms with van der Waals surface area (Å²) in [6, 6.07) is 72.9. The fourth-order valence-corrected chi connectivity index (χ4v) is 9.89. The lowest BCUT2D eigenvalue weighted by atomic mass is 9.99. The van der Waals surface area contributed by atoms with Crippen LogP contribution < -0.4 is 4.90 Å². The maximum Gasteiger partial charge on any atom is 0.227 e. The Morgan fingerprint density at radius 1 is 0.417 bits per heavy atom. The van der Waals surface area contributed by atoms with E-state index in [1.807, 2.05) is 53.8 Å². The molecule has 9 aromatic carbocycles. The van der Waals surface area contributed by atoms with Crippen LogP contribution in [0.25, 0.3) is 98.0 Å². The third kappa shape index (κ3) is 5.70. The molecule has 0 saturated carbocycles. The minimum absolute atomic E-state index is 0.602. The van der Waals surface area contributed by atoms with Gasteiger partial charge in [0.05, 0.1) is 11.1 Å². The molecule has 4 nitrogen and oxygen atoms in total. The van der Waals surface area contributed by atoms with E-state index in [0.717, 1.165) is 72.4 Å². The second-order valence-corrected chi connectivity index (χ2v) is 16.1. The SMILES string of the molecule is c1ccc(-c2nc3ccc4oc5cc(-c6ccc(N(c7ccc(-c8cccc9c8sc8ccccc89)cc7)c7ccccc7-c7ccccc7)cc6)ccc5c4c3o2)cc1. The van der Waals surface area contributed by atoms with E-state index in [1.54, 1.807) is 0 Å². The molecule has 5 heteroatoms. The normalized spacial score (nSPS) is 11.7. The van der Waals surface area contributed by atoms with Crippen molar-refractivity contribution in [1.29, 1.82) is 0 Å². The van der Waals surface area contributed by atoms with Crippen molar-refractivity contribution in [2.45, 2.75) is 0 Å². The first-order valence-electron chi connectivity index (χ1n) is 20.1. The third-order valence-corrected chi connectivity index (χ3v) is 12.8. The molecule has 282 valence electrons. The largest absolute Gasteiger partial charge is 0.456 e. The lowest BCUT2D eigenvalue weighted by molar-refractivity contribution is 0.622. The Balaban J connectivity index is 0.933. The zero-order valence-electron chi connectivity index (χ0n) is 32.2. The van der Waals surface area contributed by atoms with E-state index in [1.165, 1.54) is 36.9 Å². The Morgan fingerprint density at radius 2 is 1.05 bits per heavy atom. The molecule has 0 radical (unpaired) electrons. The molecule has 0 aliphatic rings. The molecular formula is C55H34N2O2S. The average Bonchev–Trinajstić information content (AvgIpc) is 4.04. The van der Waals surface area contributed by atoms with Crippen molar-refractivity contribution >= 4 is 81.6 Å². The van der Waals surface area contributed by atoms with Crippen LogP contribution in [0, 0.1) is 0 Å². The van der Waals surface area contributed by atoms with E-state index >= 15 is 0 Å². The van der Waals surface area contributed by atoms with Crippen molar-refractivity contribution in [1.82, 2.24) is 4.98 Å². The first-order chi connectivity index (χ1) is 29.7. The second kappa shape index (κ2) is 14.0. The second-order valence-electron chi connectivity index (χ2n) is 15.1. The lowest BCUT2D eigenvalue weighted by Crippen LogP contribution is -2.11. The molecule has 12 rings (SSSR count). The van der Waals surface area contributed by atoms with Gasteiger partial charge in [0.25, 0.3) is 0 Å². The van der Waals surface area contributed by atoms with Gasteiger partial charge < -0.3 is 13.7 Å². The number of aromatic nitrogens is 1. The average molecular weight is 787 g/mol. The summed E-state index contributed by atoms with van der Waals surface area (Å²) in [5, 5.41) is 4.56. The topological polar surface area (TPSA) is 42.4 Å². The van der Waals surface area contributed by atoms with E-state index in [9.17, 15) is 0 Å². The molecule has 60 heavy (non-hydrogen) atoms. The maximum absolute atomic E-state index is 6.46. The fraction of sp³-hybridized carbons (Fsp3) is 0. The van der Waals surface area contributed by atoms with Crippen LogP contribution in [-0.2, 0) is 0 Å². The molecule has 0 unspecified atom stereocenters. The van der Waals surface area contributed by atoms with E-state index in [4.69, 9.17) is 13.8 Å². The van der Waals surface area contributed by atoms with Gasteiger partial charge in [-0.25, -0.2) is 4.98 Å². The van der Waals surface area contributed by atoms with E-state index in [-0.39, 0.29) is 0 Å². The van der Waals surface area contributed by atoms with Gasteiger partial charge in [0, 0.05) is 48.1 Å². The monoisotopic (exact) mass is 786 g/mol. The van der Waals surface area contributed by atoms with Crippen molar-refractivity contribution in [3.05, 3.63) is 206 Å². The Hall–Kier alpha value is -7.73. The smallest absolute Gasteiger partial charge is 0.227 e. The van der Waals surface area contributed by atoms with E-state index in [2.05, 4.69) is 169 Å². The molecular weight excluding hydrogens is 753 g/mol. The summed E-state index contributed by atoms with van der Waals surface area (Å²) in [5.41, 5.74) is 14.3. The molecule has 12 aromatic rings. The Labute approximate surface area is 349 Å². The Morgan fingerprint density at radius 3 is 1.85 bits per heavy atom. The molecule has 0 atom stereocenters. The molecule has 0 saturated heterocycles. The number of para-hydroxylation sites is 1. The molecule has 0 bridgehead atoms. The van der Waals surface area contributed by atoms with Crippen LogP contribution in [0.15, 0.2) is 215 Å². The lowest BCUT2D eigenvalue weighted by Gasteiger charge is -2.28. The molecule has 0 N–H and O–H groups in total. The highest BCUT2D eigenvalue weighted by atomic mass is 32.1. The first-order valence-corrected chi connectivity index (χ1v) is 20.9. The highest BCUT2D eigenvalue weighted by Gasteiger charge is 2.20. The summed E-state index contributed by atoms with van der Waals surface area (Å²) in [5.74, 6) is 0.602. The molecule has 0 aliphatic carbocycles. The van der Waals surface area contributed by atoms with Crippen LogP contribution >= 0.6 is 11.3 Å². The van der Waals surface area contributed by atoms with Crippen molar-refractivity contribution in [2.24, 2.45) is 0 Å². The van der Waals surface area contributed by atoms with Crippen LogP contribution in [0.3, 0.4) is 0 Å². The minimum Gasteiger partial charge on any atom is -0.456 e. The Bertz CT molecular complexity index is 3530. The number of furan rings is 1. The molecule has 0 amide bonds. The van der Waals surface area contributed by atoms with Crippen molar-refractivity contribution in [2.75, 3.05) is 4.90 Å². The van der Waals surface area contributed by atoms with Crippen LogP contribution in [0.2, 0.25) is 0 Å². The summed E-state index contributed by atoms with van der Waals surface area (Å²) in [4.78, 5) is 7.16. The number of rotatable bonds is 7. The van der Waals surface area contributed by atoms with Gasteiger partial charge in [0.15, 0.2) is 5.58 Å². The van der Waals surface area contributed by atoms with Gasteiger partial charge in [-0.1, -0.05) is 133 Å². The van der Waals surface area contributed by atoms with Crippen molar-refractivity contribution in [3.8, 4) is 44.8 Å². The van der Waals surface area contributed by atoms with E-state index < -0.39 is 0 Å². The number of nitrogens with zero attached hydrogens (tertiary/aromatic N) is 2. The standard InChI is InChI=1S/C55H34N2O2S/c1-3-12-36(13-4-1)42-16-7-9-20-48(42)57(41-29-24-37(25-30-41)43-18-11-19-45-44-17-8-10-21-51(44)60-54(43)45)40-27-22-35(23-28-40)39-26-31-46-50(34-39)58-49-33-32-47-53(52(46)49)59-55(56-47)38-14-5-2-6-15-38/h1-34H. The molecule has 3 heterocycles. The first kappa shape index (κ1) is 34.3. The number of hydrogen-bond donors (Lipinski definition) is 0. The van der Waals surface area contributed by atoms with Gasteiger partial charge in [0.2, 0.25) is 5.89 Å². The highest BCUT2D eigenvalue weighted by molar-refractivity contribution is 7.26. The molecule has 0 aliphatic heterocycles. The molecule has 0 fully saturated rings. The van der Waals surface area contributed by atoms with Crippen LogP contribution in [0.5, 0.6) is 0 Å². The minimum atomic E-state index is 0.602. The number of benzene rings is 9. The van der Waals surface area contributed by atoms with Crippen LogP contribution in [-0.4, -0.2) is 4.98 Å². The Kier molecular flexibility index (Phi) is 8.00. The maximum atomic E-state index is 6.46. The summed E-state index contributed by atoms with van der Waals surface area (Å²) in [7, 11) is 0. The van der Waals surface area contributed by atoms with Gasteiger partial charge >= 0.3 is 0 Å². The van der Waals surface area contributed by atoms with Crippen LogP contribution in [0.4, 0.5) is 17.1 Å². The predicted octanol–water partition coefficient (Wildman–Crippen LogP) is 16.2. The fourth-order valence-electron chi connectivity index (χ4n) is 8.65. The van der Waals surface area contributed by atoms with Crippen molar-refractivity contribution < 1.29 is 8.83 Å². The summed E-state index contributed by atoms with van der Waals surface area (Å²) >= 11 is 1.87. The van der Waals surface area contributed by atoms with Gasteiger partial charge in [-0.3, -0.25) is 0 Å². The summed E-state index contributed by atoms with van der Waals surface area (Å²) < 4.78 is 15.5. The molecule has 0 spiro atoms. The van der Waals surface area contributed by atoms with Crippen molar-refractivity contribution in [3.63, 3.8) is 0 Å². The number of anilines is 3. The van der Waals surface area contributed by atoms with Gasteiger partial charge in [-0.2, -0.15) is 0 Å². The quantitative estimate of drug-likeness (QED) is 0.161. The zero-order chi connectivity index (χ0) is 39.6. The zero-order valence-corrected chi connectivity index (χ0v) is 33.1. The molecule has 3 aromatic heterocycles. The van der Waals surface area contributed by atoms with Gasteiger partial charge in [-0.05, 0) is 101 Å². The number of oxazole rings is 1. The predicted molar refractivity (Wildman–Crippen MR) is 251 cm³/mol. The highest BCUT2D eigenvalue weighted by Crippen LogP contribution is 2.44. The summed E-state index contributed by atoms with van der Waals surface area (Å²) in [6.45, 7) is 0.